The largest absolute Gasteiger partial charge is 0.403 e. The predicted molar refractivity (Wildman–Crippen MR) is 94.2 cm³/mol. The molecule has 1 aliphatic heterocycles. The molecule has 1 aliphatic rings. The van der Waals surface area contributed by atoms with Crippen LogP contribution in [0.3, 0.4) is 0 Å². The minimum absolute atomic E-state index is 0. The second-order valence-electron chi connectivity index (χ2n) is 6.16. The van der Waals surface area contributed by atoms with Crippen molar-refractivity contribution in [3.8, 4) is 0 Å². The maximum Gasteiger partial charge on any atom is 0.403 e. The first-order valence-electron chi connectivity index (χ1n) is 7.94. The zero-order valence-electron chi connectivity index (χ0n) is 14.3. The molecule has 0 saturated carbocycles. The van der Waals surface area contributed by atoms with Crippen molar-refractivity contribution in [1.29, 1.82) is 0 Å². The van der Waals surface area contributed by atoms with Crippen LogP contribution < -0.4 is 5.32 Å². The van der Waals surface area contributed by atoms with Gasteiger partial charge in [-0.25, -0.2) is 8.42 Å². The number of halogens is 4. The van der Waals surface area contributed by atoms with Crippen LogP contribution in [-0.4, -0.2) is 57.3 Å². The summed E-state index contributed by atoms with van der Waals surface area (Å²) in [5.74, 6) is -1.97. The van der Waals surface area contributed by atoms with Crippen LogP contribution in [0.1, 0.15) is 18.4 Å². The molecule has 0 aromatic heterocycles. The van der Waals surface area contributed by atoms with Crippen molar-refractivity contribution in [2.75, 3.05) is 25.9 Å². The summed E-state index contributed by atoms with van der Waals surface area (Å²) in [5.41, 5.74) is 0.572. The molecule has 5 nitrogen and oxygen atoms in total. The van der Waals surface area contributed by atoms with Crippen molar-refractivity contribution < 1.29 is 26.4 Å². The molecule has 148 valence electrons. The van der Waals surface area contributed by atoms with Gasteiger partial charge in [-0.3, -0.25) is 4.79 Å². The molecule has 1 unspecified atom stereocenters. The lowest BCUT2D eigenvalue weighted by Crippen LogP contribution is -2.47. The zero-order valence-corrected chi connectivity index (χ0v) is 15.9. The van der Waals surface area contributed by atoms with E-state index in [4.69, 9.17) is 0 Å². The van der Waals surface area contributed by atoms with Crippen LogP contribution in [0.5, 0.6) is 0 Å². The molecule has 0 bridgehead atoms. The van der Waals surface area contributed by atoms with Crippen LogP contribution in [0, 0.1) is 0 Å². The van der Waals surface area contributed by atoms with E-state index < -0.39 is 26.7 Å². The van der Waals surface area contributed by atoms with E-state index in [0.29, 0.717) is 18.7 Å². The van der Waals surface area contributed by atoms with Crippen molar-refractivity contribution in [3.63, 3.8) is 0 Å². The third-order valence-corrected chi connectivity index (χ3v) is 5.87. The van der Waals surface area contributed by atoms with E-state index in [1.807, 2.05) is 7.05 Å². The molecule has 26 heavy (non-hydrogen) atoms. The number of nitrogens with zero attached hydrogens (tertiary/aromatic N) is 1. The van der Waals surface area contributed by atoms with Gasteiger partial charge in [0.2, 0.25) is 5.91 Å². The summed E-state index contributed by atoms with van der Waals surface area (Å²) in [6, 6.07) is 5.28. The first kappa shape index (κ1) is 22.7. The lowest BCUT2D eigenvalue weighted by atomic mass is 10.0. The highest BCUT2D eigenvalue weighted by atomic mass is 35.5. The van der Waals surface area contributed by atoms with Crippen molar-refractivity contribution in [1.82, 2.24) is 10.2 Å². The Hall–Kier alpha value is -1.32. The Morgan fingerprint density at radius 1 is 1.27 bits per heavy atom. The summed E-state index contributed by atoms with van der Waals surface area (Å²) in [6.07, 6.45) is -2.78. The van der Waals surface area contributed by atoms with Crippen molar-refractivity contribution in [2.45, 2.75) is 36.4 Å². The minimum Gasteiger partial charge on any atom is -0.341 e. The van der Waals surface area contributed by atoms with Gasteiger partial charge < -0.3 is 10.2 Å². The smallest absolute Gasteiger partial charge is 0.341 e. The maximum atomic E-state index is 12.3. The van der Waals surface area contributed by atoms with E-state index in [-0.39, 0.29) is 30.8 Å². The first-order chi connectivity index (χ1) is 11.6. The predicted octanol–water partition coefficient (Wildman–Crippen LogP) is 2.20. The monoisotopic (exact) mass is 414 g/mol. The third-order valence-electron chi connectivity index (χ3n) is 4.17. The number of carbonyl (C=O) groups excluding carboxylic acids is 1. The maximum absolute atomic E-state index is 12.3. The fourth-order valence-corrected chi connectivity index (χ4v) is 3.99. The summed E-state index contributed by atoms with van der Waals surface area (Å²) in [4.78, 5) is 13.7. The van der Waals surface area contributed by atoms with Crippen LogP contribution in [-0.2, 0) is 21.1 Å². The van der Waals surface area contributed by atoms with E-state index in [9.17, 15) is 26.4 Å². The summed E-state index contributed by atoms with van der Waals surface area (Å²) in [7, 11) is -2.58. The minimum atomic E-state index is -4.79. The standard InChI is InChI=1S/C16H21F3N2O3S.ClH/c1-20-13-3-2-8-21(10-13)15(22)9-12-4-6-14(7-5-12)25(23,24)11-16(17,18)19;/h4-7,13,20H,2-3,8-11H2,1H3;1H. The molecule has 1 N–H and O–H groups in total. The van der Waals surface area contributed by atoms with Crippen LogP contribution >= 0.6 is 12.4 Å². The zero-order chi connectivity index (χ0) is 18.7. The number of sulfone groups is 1. The summed E-state index contributed by atoms with van der Waals surface area (Å²) < 4.78 is 60.4. The Kier molecular flexibility index (Phi) is 7.91. The normalized spacial score (nSPS) is 18.3. The Bertz CT molecular complexity index is 708. The number of alkyl halides is 3. The fraction of sp³-hybridized carbons (Fsp3) is 0.562. The number of hydrogen-bond donors (Lipinski definition) is 1. The number of amides is 1. The number of nitrogens with one attached hydrogen (secondary N) is 1. The average molecular weight is 415 g/mol. The molecule has 1 fully saturated rings. The number of benzene rings is 1. The number of piperidine rings is 1. The SMILES string of the molecule is CNC1CCCN(C(=O)Cc2ccc(S(=O)(=O)CC(F)(F)F)cc2)C1.Cl. The molecule has 10 heteroatoms. The number of likely N-dealkylation sites (N-methyl/N-ethyl adjacent to an activating group) is 1. The highest BCUT2D eigenvalue weighted by Crippen LogP contribution is 2.23. The van der Waals surface area contributed by atoms with Gasteiger partial charge in [-0.1, -0.05) is 12.1 Å². The molecule has 1 atom stereocenters. The topological polar surface area (TPSA) is 66.5 Å². The van der Waals surface area contributed by atoms with E-state index in [2.05, 4.69) is 5.32 Å². The van der Waals surface area contributed by atoms with Crippen LogP contribution in [0.4, 0.5) is 13.2 Å². The molecular formula is C16H22ClF3N2O3S. The molecule has 0 aliphatic carbocycles. The Balaban J connectivity index is 0.00000338. The molecule has 1 saturated heterocycles. The van der Waals surface area contributed by atoms with Crippen molar-refractivity contribution in [2.24, 2.45) is 0 Å². The van der Waals surface area contributed by atoms with Gasteiger partial charge >= 0.3 is 6.18 Å². The average Bonchev–Trinajstić information content (AvgIpc) is 2.53. The molecule has 0 radical (unpaired) electrons. The van der Waals surface area contributed by atoms with Crippen LogP contribution in [0.2, 0.25) is 0 Å². The molecule has 1 aromatic rings. The number of rotatable bonds is 5. The van der Waals surface area contributed by atoms with E-state index >= 15 is 0 Å². The molecule has 0 spiro atoms. The number of carbonyl (C=O) groups is 1. The van der Waals surface area contributed by atoms with E-state index in [1.165, 1.54) is 12.1 Å². The Labute approximate surface area is 157 Å². The first-order valence-corrected chi connectivity index (χ1v) is 9.59. The van der Waals surface area contributed by atoms with Gasteiger partial charge in [0.05, 0.1) is 11.3 Å². The summed E-state index contributed by atoms with van der Waals surface area (Å²) in [6.45, 7) is 1.29. The van der Waals surface area contributed by atoms with E-state index in [0.717, 1.165) is 25.0 Å². The second-order valence-corrected chi connectivity index (χ2v) is 8.15. The van der Waals surface area contributed by atoms with Gasteiger partial charge in [0.15, 0.2) is 15.6 Å². The fourth-order valence-electron chi connectivity index (χ4n) is 2.84. The molecule has 1 amide bonds. The van der Waals surface area contributed by atoms with Crippen LogP contribution in [0.15, 0.2) is 29.2 Å². The number of hydrogen-bond acceptors (Lipinski definition) is 4. The van der Waals surface area contributed by atoms with Crippen molar-refractivity contribution in [3.05, 3.63) is 29.8 Å². The van der Waals surface area contributed by atoms with Crippen molar-refractivity contribution >= 4 is 28.2 Å². The number of likely N-dealkylation sites (tertiary alicyclic amines) is 1. The van der Waals surface area contributed by atoms with Gasteiger partial charge in [0.1, 0.15) is 0 Å². The van der Waals surface area contributed by atoms with Gasteiger partial charge in [0, 0.05) is 19.1 Å². The van der Waals surface area contributed by atoms with Gasteiger partial charge in [0.25, 0.3) is 0 Å². The lowest BCUT2D eigenvalue weighted by molar-refractivity contribution is -0.131. The second kappa shape index (κ2) is 9.05. The van der Waals surface area contributed by atoms with Crippen LogP contribution in [0.25, 0.3) is 0 Å². The molecule has 2 rings (SSSR count). The van der Waals surface area contributed by atoms with Gasteiger partial charge in [-0.15, -0.1) is 12.4 Å². The molecular weight excluding hydrogens is 393 g/mol. The summed E-state index contributed by atoms with van der Waals surface area (Å²) in [5, 5.41) is 3.14. The van der Waals surface area contributed by atoms with Gasteiger partial charge in [-0.05, 0) is 37.6 Å². The highest BCUT2D eigenvalue weighted by molar-refractivity contribution is 7.91. The molecule has 1 aromatic carbocycles. The quantitative estimate of drug-likeness (QED) is 0.802. The van der Waals surface area contributed by atoms with E-state index in [1.54, 1.807) is 4.90 Å². The molecule has 1 heterocycles. The summed E-state index contributed by atoms with van der Waals surface area (Å²) >= 11 is 0. The highest BCUT2D eigenvalue weighted by Gasteiger charge is 2.35. The Morgan fingerprint density at radius 3 is 2.42 bits per heavy atom. The van der Waals surface area contributed by atoms with Gasteiger partial charge in [-0.2, -0.15) is 13.2 Å². The Morgan fingerprint density at radius 2 is 1.88 bits per heavy atom. The third kappa shape index (κ3) is 6.44. The lowest BCUT2D eigenvalue weighted by Gasteiger charge is -2.32.